The van der Waals surface area contributed by atoms with Gasteiger partial charge in [0.25, 0.3) is 5.19 Å². The van der Waals surface area contributed by atoms with Gasteiger partial charge in [-0.05, 0) is 22.4 Å². The number of thiazole rings is 1. The summed E-state index contributed by atoms with van der Waals surface area (Å²) in [7, 11) is 1.50. The highest BCUT2D eigenvalue weighted by molar-refractivity contribution is 7.11. The highest BCUT2D eigenvalue weighted by Gasteiger charge is 2.15. The Morgan fingerprint density at radius 2 is 2.36 bits per heavy atom. The zero-order valence-corrected chi connectivity index (χ0v) is 12.2. The number of ether oxygens (including phenoxy) is 1. The Morgan fingerprint density at radius 3 is 3.00 bits per heavy atom. The van der Waals surface area contributed by atoms with Gasteiger partial charge in [0.05, 0.1) is 7.06 Å². The number of nitrogens with zero attached hydrogens (tertiary/aromatic N) is 6. The second-order valence-electron chi connectivity index (χ2n) is 4.13. The Kier molecular flexibility index (Phi) is 3.35. The van der Waals surface area contributed by atoms with E-state index in [-0.39, 0.29) is 12.8 Å². The number of tetrazole rings is 1. The van der Waals surface area contributed by atoms with Crippen LogP contribution in [0.4, 0.5) is 0 Å². The van der Waals surface area contributed by atoms with Gasteiger partial charge in [0.1, 0.15) is 12.3 Å². The lowest BCUT2D eigenvalue weighted by Crippen LogP contribution is -2.23. The van der Waals surface area contributed by atoms with Crippen LogP contribution in [-0.4, -0.2) is 29.8 Å². The summed E-state index contributed by atoms with van der Waals surface area (Å²) in [6.07, 6.45) is 7.08. The minimum absolute atomic E-state index is 0.0404. The minimum Gasteiger partial charge on any atom is -0.465 e. The summed E-state index contributed by atoms with van der Waals surface area (Å²) >= 11 is 1.20. The molecule has 22 heavy (non-hydrogen) atoms. The molecule has 0 saturated heterocycles. The highest BCUT2D eigenvalue weighted by atomic mass is 32.1. The normalized spacial score (nSPS) is 11.0. The molecule has 3 rings (SSSR count). The molecule has 110 valence electrons. The summed E-state index contributed by atoms with van der Waals surface area (Å²) in [5.41, 5.74) is 0.874. The zero-order chi connectivity index (χ0) is 16.4. The Morgan fingerprint density at radius 1 is 1.50 bits per heavy atom. The molecule has 3 heterocycles. The molecule has 0 aliphatic heterocycles. The molecule has 8 nitrogen and oxygen atoms in total. The van der Waals surface area contributed by atoms with Crippen molar-refractivity contribution in [1.82, 2.24) is 29.8 Å². The van der Waals surface area contributed by atoms with Gasteiger partial charge in [0, 0.05) is 30.4 Å². The molecule has 9 heteroatoms. The number of hydrogen-bond donors (Lipinski definition) is 0. The molecule has 0 bridgehead atoms. The predicted molar refractivity (Wildman–Crippen MR) is 78.8 cm³/mol. The van der Waals surface area contributed by atoms with E-state index < -0.39 is 5.69 Å². The Bertz CT molecular complexity index is 954. The van der Waals surface area contributed by atoms with Crippen LogP contribution in [0.5, 0.6) is 5.19 Å². The average Bonchev–Trinajstić information content (AvgIpc) is 3.11. The van der Waals surface area contributed by atoms with E-state index in [2.05, 4.69) is 26.3 Å². The smallest absolute Gasteiger partial charge is 0.368 e. The maximum absolute atomic E-state index is 12.1. The number of aromatic nitrogens is 6. The van der Waals surface area contributed by atoms with E-state index in [0.717, 1.165) is 9.36 Å². The maximum atomic E-state index is 12.1. The molecule has 0 unspecified atom stereocenters. The van der Waals surface area contributed by atoms with Gasteiger partial charge in [-0.2, -0.15) is 9.36 Å². The summed E-state index contributed by atoms with van der Waals surface area (Å²) < 4.78 is 15.2. The quantitative estimate of drug-likeness (QED) is 0.647. The van der Waals surface area contributed by atoms with E-state index in [4.69, 9.17) is 12.5 Å². The molecule has 0 atom stereocenters. The van der Waals surface area contributed by atoms with Crippen LogP contribution in [0.3, 0.4) is 0 Å². The Hall–Kier alpha value is -2.99. The van der Waals surface area contributed by atoms with Gasteiger partial charge >= 0.3 is 5.69 Å². The lowest BCUT2D eigenvalue weighted by molar-refractivity contribution is 0.303. The standard InChI is InChI=1S/C13H10N6O2S/c1-3-10-9(8-21-12-15-6-7-22-12)11(4-5-14-10)19-13(20)18(2)16-17-19/h1,4-7H,8H2,2H3/i6T. The van der Waals surface area contributed by atoms with Crippen molar-refractivity contribution in [3.8, 4) is 23.2 Å². The van der Waals surface area contributed by atoms with Crippen LogP contribution in [0, 0.1) is 12.3 Å². The molecule has 3 aromatic rings. The SMILES string of the molecule is [3H]c1csc(OCc2c(-n3nnn(C)c3=O)ccnc2C#C)n1. The van der Waals surface area contributed by atoms with Crippen molar-refractivity contribution in [2.24, 2.45) is 7.05 Å². The second-order valence-corrected chi connectivity index (χ2v) is 4.95. The number of pyridine rings is 1. The van der Waals surface area contributed by atoms with Crippen LogP contribution in [0.25, 0.3) is 5.69 Å². The van der Waals surface area contributed by atoms with Crippen LogP contribution in [0.1, 0.15) is 12.6 Å². The number of terminal acetylenes is 1. The fourth-order valence-electron chi connectivity index (χ4n) is 1.79. The van der Waals surface area contributed by atoms with Crippen LogP contribution < -0.4 is 10.4 Å². The molecule has 0 aliphatic carbocycles. The molecule has 0 aromatic carbocycles. The van der Waals surface area contributed by atoms with Crippen LogP contribution in [-0.2, 0) is 13.7 Å². The third kappa shape index (κ3) is 2.47. The fourth-order valence-corrected chi connectivity index (χ4v) is 2.23. The predicted octanol–water partition coefficient (Wildman–Crippen LogP) is 0.378. The van der Waals surface area contributed by atoms with E-state index in [1.807, 2.05) is 0 Å². The molecule has 3 aromatic heterocycles. The summed E-state index contributed by atoms with van der Waals surface area (Å²) in [5, 5.41) is 9.37. The first-order valence-electron chi connectivity index (χ1n) is 6.59. The minimum atomic E-state index is -0.414. The Labute approximate surface area is 130 Å². The van der Waals surface area contributed by atoms with Gasteiger partial charge in [0.2, 0.25) is 0 Å². The Balaban J connectivity index is 2.02. The first-order valence-corrected chi connectivity index (χ1v) is 6.97. The van der Waals surface area contributed by atoms with Gasteiger partial charge in [-0.3, -0.25) is 0 Å². The van der Waals surface area contributed by atoms with Crippen molar-refractivity contribution in [3.63, 3.8) is 0 Å². The fraction of sp³-hybridized carbons (Fsp3) is 0.154. The molecule has 0 radical (unpaired) electrons. The molecule has 0 saturated carbocycles. The van der Waals surface area contributed by atoms with Gasteiger partial charge in [-0.1, -0.05) is 11.3 Å². The maximum Gasteiger partial charge on any atom is 0.368 e. The lowest BCUT2D eigenvalue weighted by Gasteiger charge is -2.09. The number of aryl methyl sites for hydroxylation is 1. The highest BCUT2D eigenvalue weighted by Crippen LogP contribution is 2.20. The molecule has 0 aliphatic rings. The van der Waals surface area contributed by atoms with Gasteiger partial charge in [-0.25, -0.2) is 14.8 Å². The average molecular weight is 316 g/mol. The molecule has 0 amide bonds. The van der Waals surface area contributed by atoms with E-state index in [0.29, 0.717) is 22.1 Å². The molecular formula is C13H10N6O2S. The molecular weight excluding hydrogens is 304 g/mol. The first-order chi connectivity index (χ1) is 11.1. The molecule has 0 spiro atoms. The van der Waals surface area contributed by atoms with E-state index in [9.17, 15) is 4.79 Å². The summed E-state index contributed by atoms with van der Waals surface area (Å²) in [4.78, 5) is 20.0. The van der Waals surface area contributed by atoms with Crippen molar-refractivity contribution in [1.29, 1.82) is 0 Å². The van der Waals surface area contributed by atoms with Crippen LogP contribution >= 0.6 is 11.3 Å². The van der Waals surface area contributed by atoms with Crippen LogP contribution in [0.15, 0.2) is 28.6 Å². The van der Waals surface area contributed by atoms with Gasteiger partial charge < -0.3 is 4.74 Å². The first kappa shape index (κ1) is 12.7. The number of hydrogen-bond acceptors (Lipinski definition) is 7. The van der Waals surface area contributed by atoms with Gasteiger partial charge in [-0.15, -0.1) is 6.42 Å². The monoisotopic (exact) mass is 316 g/mol. The number of rotatable bonds is 4. The van der Waals surface area contributed by atoms with Crippen molar-refractivity contribution in [2.45, 2.75) is 6.61 Å². The topological polar surface area (TPSA) is 87.7 Å². The third-order valence-corrected chi connectivity index (χ3v) is 3.46. The molecule has 0 N–H and O–H groups in total. The van der Waals surface area contributed by atoms with Crippen molar-refractivity contribution >= 4 is 11.3 Å². The van der Waals surface area contributed by atoms with E-state index >= 15 is 0 Å². The van der Waals surface area contributed by atoms with Crippen molar-refractivity contribution in [2.75, 3.05) is 0 Å². The molecule has 0 fully saturated rings. The van der Waals surface area contributed by atoms with Crippen molar-refractivity contribution < 1.29 is 6.11 Å². The van der Waals surface area contributed by atoms with E-state index in [1.54, 1.807) is 11.4 Å². The largest absolute Gasteiger partial charge is 0.465 e. The summed E-state index contributed by atoms with van der Waals surface area (Å²) in [6.45, 7) is 0.0404. The second kappa shape index (κ2) is 5.79. The van der Waals surface area contributed by atoms with Crippen LogP contribution in [0.2, 0.25) is 0 Å². The zero-order valence-electron chi connectivity index (χ0n) is 12.4. The summed E-state index contributed by atoms with van der Waals surface area (Å²) in [5.74, 6) is 2.46. The third-order valence-electron chi connectivity index (χ3n) is 2.83. The van der Waals surface area contributed by atoms with E-state index in [1.165, 1.54) is 24.6 Å². The van der Waals surface area contributed by atoms with Gasteiger partial charge in [0.15, 0.2) is 0 Å². The van der Waals surface area contributed by atoms with Crippen molar-refractivity contribution in [3.05, 3.63) is 45.6 Å². The summed E-state index contributed by atoms with van der Waals surface area (Å²) in [6, 6.07) is 1.60. The lowest BCUT2D eigenvalue weighted by atomic mass is 10.1.